The molecule has 7 heteroatoms. The van der Waals surface area contributed by atoms with Gasteiger partial charge in [-0.15, -0.1) is 11.8 Å². The van der Waals surface area contributed by atoms with Gasteiger partial charge in [0.25, 0.3) is 11.8 Å². The molecule has 1 aromatic rings. The van der Waals surface area contributed by atoms with Crippen molar-refractivity contribution < 1.29 is 19.5 Å². The molecule has 0 aliphatic carbocycles. The molecule has 0 spiro atoms. The molecule has 1 unspecified atom stereocenters. The van der Waals surface area contributed by atoms with Gasteiger partial charge in [0.15, 0.2) is 0 Å². The monoisotopic (exact) mass is 362 g/mol. The van der Waals surface area contributed by atoms with Crippen molar-refractivity contribution in [3.63, 3.8) is 0 Å². The highest BCUT2D eigenvalue weighted by Crippen LogP contribution is 2.39. The van der Waals surface area contributed by atoms with Crippen molar-refractivity contribution in [2.45, 2.75) is 37.5 Å². The number of unbranched alkanes of at least 4 members (excludes halogenated alkanes) is 1. The Morgan fingerprint density at radius 3 is 2.44 bits per heavy atom. The maximum Gasteiger partial charge on any atom is 0.408 e. The first-order chi connectivity index (χ1) is 11.9. The molecule has 0 aromatic heterocycles. The van der Waals surface area contributed by atoms with Crippen LogP contribution in [0.5, 0.6) is 0 Å². The zero-order valence-corrected chi connectivity index (χ0v) is 15.1. The van der Waals surface area contributed by atoms with E-state index in [0.717, 1.165) is 31.4 Å². The maximum atomic E-state index is 12.3. The van der Waals surface area contributed by atoms with E-state index in [9.17, 15) is 19.5 Å². The second kappa shape index (κ2) is 7.07. The third-order valence-electron chi connectivity index (χ3n) is 4.89. The fraction of sp³-hybridized carbons (Fsp3) is 0.500. The van der Waals surface area contributed by atoms with Crippen molar-refractivity contribution in [2.75, 3.05) is 18.8 Å². The summed E-state index contributed by atoms with van der Waals surface area (Å²) in [5, 5.41) is 9.27. The zero-order valence-electron chi connectivity index (χ0n) is 14.2. The summed E-state index contributed by atoms with van der Waals surface area (Å²) in [7, 11) is 0. The number of hydrogen-bond acceptors (Lipinski definition) is 4. The van der Waals surface area contributed by atoms with Crippen LogP contribution in [0, 0.1) is 0 Å². The van der Waals surface area contributed by atoms with Crippen molar-refractivity contribution in [1.82, 2.24) is 9.80 Å². The Kier molecular flexibility index (Phi) is 5.03. The van der Waals surface area contributed by atoms with E-state index in [1.807, 2.05) is 6.92 Å². The van der Waals surface area contributed by atoms with Gasteiger partial charge in [-0.25, -0.2) is 4.79 Å². The van der Waals surface area contributed by atoms with Gasteiger partial charge in [0.1, 0.15) is 0 Å². The number of carbonyl (C=O) groups is 3. The van der Waals surface area contributed by atoms with Crippen molar-refractivity contribution in [3.8, 4) is 0 Å². The number of rotatable bonds is 6. The SMILES string of the molecule is CC1(SCCCCN2C(=O)c3ccccc3C2=O)CCCN1C(=O)O. The molecule has 3 rings (SSSR count). The van der Waals surface area contributed by atoms with Gasteiger partial charge in [-0.1, -0.05) is 12.1 Å². The van der Waals surface area contributed by atoms with Crippen molar-refractivity contribution in [1.29, 1.82) is 0 Å². The molecule has 2 aliphatic rings. The van der Waals surface area contributed by atoms with E-state index in [1.54, 1.807) is 36.0 Å². The van der Waals surface area contributed by atoms with Gasteiger partial charge < -0.3 is 5.11 Å². The Balaban J connectivity index is 1.46. The lowest BCUT2D eigenvalue weighted by molar-refractivity contribution is 0.0652. The fourth-order valence-corrected chi connectivity index (χ4v) is 4.89. The molecule has 0 bridgehead atoms. The summed E-state index contributed by atoms with van der Waals surface area (Å²) < 4.78 is 0. The first-order valence-corrected chi connectivity index (χ1v) is 9.52. The molecule has 2 aliphatic heterocycles. The Bertz CT molecular complexity index is 673. The largest absolute Gasteiger partial charge is 0.465 e. The van der Waals surface area contributed by atoms with Crippen molar-refractivity contribution in [3.05, 3.63) is 35.4 Å². The topological polar surface area (TPSA) is 77.9 Å². The highest BCUT2D eigenvalue weighted by molar-refractivity contribution is 8.00. The predicted molar refractivity (Wildman–Crippen MR) is 95.9 cm³/mol. The van der Waals surface area contributed by atoms with Gasteiger partial charge >= 0.3 is 6.09 Å². The van der Waals surface area contributed by atoms with E-state index in [4.69, 9.17) is 0 Å². The van der Waals surface area contributed by atoms with Crippen LogP contribution in [0.25, 0.3) is 0 Å². The number of imide groups is 1. The number of thioether (sulfide) groups is 1. The Labute approximate surface area is 151 Å². The van der Waals surface area contributed by atoms with Gasteiger partial charge in [-0.3, -0.25) is 19.4 Å². The van der Waals surface area contributed by atoms with Crippen LogP contribution in [0.1, 0.15) is 53.3 Å². The van der Waals surface area contributed by atoms with Gasteiger partial charge in [-0.2, -0.15) is 0 Å². The summed E-state index contributed by atoms with van der Waals surface area (Å²) in [5.74, 6) is 0.379. The van der Waals surface area contributed by atoms with Gasteiger partial charge in [0.2, 0.25) is 0 Å². The Hall–Kier alpha value is -2.02. The van der Waals surface area contributed by atoms with E-state index in [-0.39, 0.29) is 16.7 Å². The lowest BCUT2D eigenvalue weighted by Crippen LogP contribution is -2.42. The maximum absolute atomic E-state index is 12.3. The summed E-state index contributed by atoms with van der Waals surface area (Å²) >= 11 is 1.65. The van der Waals surface area contributed by atoms with Crippen molar-refractivity contribution in [2.24, 2.45) is 0 Å². The molecule has 25 heavy (non-hydrogen) atoms. The number of amides is 3. The molecular formula is C18H22N2O4S. The van der Waals surface area contributed by atoms with Crippen LogP contribution in [0.3, 0.4) is 0 Å². The molecule has 1 atom stereocenters. The summed E-state index contributed by atoms with van der Waals surface area (Å²) in [6, 6.07) is 6.90. The highest BCUT2D eigenvalue weighted by Gasteiger charge is 2.40. The average molecular weight is 362 g/mol. The summed E-state index contributed by atoms with van der Waals surface area (Å²) in [6.45, 7) is 2.98. The first-order valence-electron chi connectivity index (χ1n) is 8.54. The smallest absolute Gasteiger partial charge is 0.408 e. The quantitative estimate of drug-likeness (QED) is 0.621. The molecule has 1 saturated heterocycles. The van der Waals surface area contributed by atoms with Gasteiger partial charge in [0, 0.05) is 13.1 Å². The number of hydrogen-bond donors (Lipinski definition) is 1. The lowest BCUT2D eigenvalue weighted by atomic mass is 10.1. The minimum absolute atomic E-state index is 0.215. The van der Waals surface area contributed by atoms with Crippen LogP contribution in [-0.4, -0.2) is 56.5 Å². The van der Waals surface area contributed by atoms with E-state index in [1.165, 1.54) is 9.80 Å². The molecular weight excluding hydrogens is 340 g/mol. The van der Waals surface area contributed by atoms with E-state index in [0.29, 0.717) is 24.2 Å². The third-order valence-corrected chi connectivity index (χ3v) is 6.43. The molecule has 1 N–H and O–H groups in total. The third kappa shape index (κ3) is 3.38. The minimum atomic E-state index is -0.862. The van der Waals surface area contributed by atoms with Gasteiger partial charge in [-0.05, 0) is 50.5 Å². The fourth-order valence-electron chi connectivity index (χ4n) is 3.49. The molecule has 3 amide bonds. The second-order valence-electron chi connectivity index (χ2n) is 6.58. The zero-order chi connectivity index (χ0) is 18.0. The van der Waals surface area contributed by atoms with E-state index >= 15 is 0 Å². The summed E-state index contributed by atoms with van der Waals surface area (Å²) in [6.07, 6.45) is 2.45. The van der Waals surface area contributed by atoms with Crippen LogP contribution in [-0.2, 0) is 0 Å². The Morgan fingerprint density at radius 2 is 1.84 bits per heavy atom. The second-order valence-corrected chi connectivity index (χ2v) is 8.15. The Morgan fingerprint density at radius 1 is 1.20 bits per heavy atom. The van der Waals surface area contributed by atoms with Crippen LogP contribution in [0.2, 0.25) is 0 Å². The number of nitrogens with zero attached hydrogens (tertiary/aromatic N) is 2. The predicted octanol–water partition coefficient (Wildman–Crippen LogP) is 3.29. The van der Waals surface area contributed by atoms with Crippen LogP contribution in [0.15, 0.2) is 24.3 Å². The van der Waals surface area contributed by atoms with Crippen LogP contribution < -0.4 is 0 Å². The lowest BCUT2D eigenvalue weighted by Gasteiger charge is -2.32. The summed E-state index contributed by atoms with van der Waals surface area (Å²) in [5.41, 5.74) is 0.967. The molecule has 0 radical (unpaired) electrons. The van der Waals surface area contributed by atoms with E-state index in [2.05, 4.69) is 0 Å². The standard InChI is InChI=1S/C18H22N2O4S/c1-18(9-6-11-20(18)17(23)24)25-12-5-4-10-19-15(21)13-7-2-3-8-14(13)16(19)22/h2-3,7-8H,4-6,9-12H2,1H3,(H,23,24). The van der Waals surface area contributed by atoms with Crippen LogP contribution >= 0.6 is 11.8 Å². The molecule has 134 valence electrons. The van der Waals surface area contributed by atoms with Gasteiger partial charge in [0.05, 0.1) is 16.0 Å². The normalized spacial score (nSPS) is 22.6. The number of fused-ring (bicyclic) bond motifs is 1. The number of carboxylic acid groups (broad SMARTS) is 1. The first kappa shape index (κ1) is 17.8. The molecule has 6 nitrogen and oxygen atoms in total. The number of likely N-dealkylation sites (tertiary alicyclic amines) is 1. The number of benzene rings is 1. The van der Waals surface area contributed by atoms with E-state index < -0.39 is 6.09 Å². The van der Waals surface area contributed by atoms with Crippen molar-refractivity contribution >= 4 is 29.7 Å². The number of carbonyl (C=O) groups excluding carboxylic acids is 2. The highest BCUT2D eigenvalue weighted by atomic mass is 32.2. The molecule has 1 aromatic carbocycles. The van der Waals surface area contributed by atoms with Crippen LogP contribution in [0.4, 0.5) is 4.79 Å². The average Bonchev–Trinajstić information content (AvgIpc) is 3.08. The molecule has 0 saturated carbocycles. The summed E-state index contributed by atoms with van der Waals surface area (Å²) in [4.78, 5) is 38.3. The molecule has 2 heterocycles. The minimum Gasteiger partial charge on any atom is -0.465 e. The molecule has 1 fully saturated rings.